The maximum atomic E-state index is 8.76. The third-order valence-corrected chi connectivity index (χ3v) is 11.5. The molecule has 20 heavy (non-hydrogen) atoms. The lowest BCUT2D eigenvalue weighted by Gasteiger charge is -2.37. The highest BCUT2D eigenvalue weighted by molar-refractivity contribution is 8.17. The summed E-state index contributed by atoms with van der Waals surface area (Å²) in [6, 6.07) is -0.0303. The predicted octanol–water partition coefficient (Wildman–Crippen LogP) is 5.27. The fraction of sp³-hybridized carbons (Fsp3) is 1.00. The Kier molecular flexibility index (Phi) is 7.28. The van der Waals surface area contributed by atoms with E-state index in [9.17, 15) is 0 Å². The second-order valence-electron chi connectivity index (χ2n) is 6.69. The van der Waals surface area contributed by atoms with E-state index in [2.05, 4.69) is 43.9 Å². The van der Waals surface area contributed by atoms with Gasteiger partial charge < -0.3 is 4.43 Å². The monoisotopic (exact) mass is 333 g/mol. The molecule has 0 aromatic carbocycles. The first-order valence-corrected chi connectivity index (χ1v) is 12.2. The Bertz CT molecular complexity index is 348. The van der Waals surface area contributed by atoms with Crippen molar-refractivity contribution in [2.45, 2.75) is 62.4 Å². The Morgan fingerprint density at radius 1 is 1.35 bits per heavy atom. The van der Waals surface area contributed by atoms with E-state index in [1.807, 2.05) is 23.5 Å². The van der Waals surface area contributed by atoms with Gasteiger partial charge in [-0.2, -0.15) is 0 Å². The molecule has 0 bridgehead atoms. The van der Waals surface area contributed by atoms with Gasteiger partial charge in [-0.25, -0.2) is 0 Å². The summed E-state index contributed by atoms with van der Waals surface area (Å²) in [5.41, 5.74) is 8.76. The molecule has 1 saturated heterocycles. The molecule has 0 aliphatic carbocycles. The first-order chi connectivity index (χ1) is 9.26. The highest BCUT2D eigenvalue weighted by atomic mass is 32.2. The van der Waals surface area contributed by atoms with Crippen LogP contribution in [0.2, 0.25) is 18.1 Å². The Hall–Kier alpha value is 0.187. The maximum Gasteiger partial charge on any atom is 0.191 e. The van der Waals surface area contributed by atoms with E-state index in [0.29, 0.717) is 11.2 Å². The molecule has 0 spiro atoms. The van der Waals surface area contributed by atoms with Crippen LogP contribution in [0, 0.1) is 0 Å². The van der Waals surface area contributed by atoms with Gasteiger partial charge in [-0.15, -0.1) is 23.5 Å². The summed E-state index contributed by atoms with van der Waals surface area (Å²) in [6.07, 6.45) is 2.21. The largest absolute Gasteiger partial charge is 0.416 e. The Morgan fingerprint density at radius 2 is 1.95 bits per heavy atom. The third-order valence-electron chi connectivity index (χ3n) is 4.02. The molecule has 0 amide bonds. The molecule has 116 valence electrons. The number of rotatable bonds is 6. The molecule has 1 heterocycles. The van der Waals surface area contributed by atoms with Gasteiger partial charge >= 0.3 is 0 Å². The van der Waals surface area contributed by atoms with Crippen molar-refractivity contribution < 1.29 is 4.43 Å². The fourth-order valence-electron chi connectivity index (χ4n) is 1.64. The van der Waals surface area contributed by atoms with Gasteiger partial charge in [0, 0.05) is 11.5 Å². The van der Waals surface area contributed by atoms with Crippen LogP contribution in [0.15, 0.2) is 5.11 Å². The number of hydrogen-bond acceptors (Lipinski definition) is 4. The first kappa shape index (κ1) is 18.2. The minimum atomic E-state index is -1.76. The summed E-state index contributed by atoms with van der Waals surface area (Å²) in [5, 5.41) is 4.15. The van der Waals surface area contributed by atoms with Crippen LogP contribution in [0.4, 0.5) is 0 Å². The van der Waals surface area contributed by atoms with Gasteiger partial charge in [0.1, 0.15) is 0 Å². The first-order valence-electron chi connectivity index (χ1n) is 7.17. The van der Waals surface area contributed by atoms with Crippen molar-refractivity contribution in [3.8, 4) is 0 Å². The lowest BCUT2D eigenvalue weighted by molar-refractivity contribution is 0.260. The van der Waals surface area contributed by atoms with Gasteiger partial charge in [0.05, 0.1) is 10.6 Å². The van der Waals surface area contributed by atoms with Gasteiger partial charge in [-0.1, -0.05) is 25.9 Å². The smallest absolute Gasteiger partial charge is 0.191 e. The summed E-state index contributed by atoms with van der Waals surface area (Å²) >= 11 is 3.98. The quantitative estimate of drug-likeness (QED) is 0.288. The zero-order chi connectivity index (χ0) is 15.2. The van der Waals surface area contributed by atoms with E-state index >= 15 is 0 Å². The molecule has 4 nitrogen and oxygen atoms in total. The average molecular weight is 334 g/mol. The molecular weight excluding hydrogens is 306 g/mol. The molecule has 0 radical (unpaired) electrons. The van der Waals surface area contributed by atoms with Crippen LogP contribution in [-0.2, 0) is 4.43 Å². The standard InChI is InChI=1S/C13H27N3OS2Si/c1-13(2,3)20(4,5)17-10-11(15-16-14)9-12-18-7-6-8-19-12/h11-12H,6-10H2,1-5H3. The average Bonchev–Trinajstić information content (AvgIpc) is 2.36. The van der Waals surface area contributed by atoms with Gasteiger partial charge in [0.25, 0.3) is 0 Å². The maximum absolute atomic E-state index is 8.76. The predicted molar refractivity (Wildman–Crippen MR) is 94.0 cm³/mol. The Morgan fingerprint density at radius 3 is 2.45 bits per heavy atom. The number of hydrogen-bond donors (Lipinski definition) is 0. The lowest BCUT2D eigenvalue weighted by Crippen LogP contribution is -2.42. The highest BCUT2D eigenvalue weighted by Crippen LogP contribution is 2.38. The van der Waals surface area contributed by atoms with E-state index < -0.39 is 8.32 Å². The second-order valence-corrected chi connectivity index (χ2v) is 14.4. The Balaban J connectivity index is 2.52. The molecule has 7 heteroatoms. The summed E-state index contributed by atoms with van der Waals surface area (Å²) in [7, 11) is -1.76. The molecule has 1 unspecified atom stereocenters. The molecule has 0 aromatic heterocycles. The molecule has 1 rings (SSSR count). The lowest BCUT2D eigenvalue weighted by atomic mass is 10.2. The van der Waals surface area contributed by atoms with E-state index in [1.54, 1.807) is 0 Å². The summed E-state index contributed by atoms with van der Waals surface area (Å²) < 4.78 is 6.76. The van der Waals surface area contributed by atoms with Crippen molar-refractivity contribution in [1.29, 1.82) is 0 Å². The van der Waals surface area contributed by atoms with Gasteiger partial charge in [-0.3, -0.25) is 0 Å². The fourth-order valence-corrected chi connectivity index (χ4v) is 5.69. The zero-order valence-electron chi connectivity index (χ0n) is 13.3. The number of azide groups is 1. The van der Waals surface area contributed by atoms with Crippen molar-refractivity contribution in [3.05, 3.63) is 10.4 Å². The van der Waals surface area contributed by atoms with Crippen LogP contribution in [0.1, 0.15) is 33.6 Å². The van der Waals surface area contributed by atoms with Crippen LogP contribution >= 0.6 is 23.5 Å². The Labute approximate surface area is 132 Å². The normalized spacial score (nSPS) is 19.4. The molecule has 0 N–H and O–H groups in total. The van der Waals surface area contributed by atoms with Gasteiger partial charge in [-0.05, 0) is 48.0 Å². The molecule has 1 aliphatic heterocycles. The van der Waals surface area contributed by atoms with Crippen molar-refractivity contribution >= 4 is 31.8 Å². The minimum absolute atomic E-state index is 0.0303. The zero-order valence-corrected chi connectivity index (χ0v) is 15.9. The van der Waals surface area contributed by atoms with Crippen LogP contribution in [0.3, 0.4) is 0 Å². The minimum Gasteiger partial charge on any atom is -0.416 e. The number of nitrogens with zero attached hydrogens (tertiary/aromatic N) is 3. The van der Waals surface area contributed by atoms with Crippen molar-refractivity contribution in [2.24, 2.45) is 5.11 Å². The SMILES string of the molecule is CC(C)(C)[Si](C)(C)OCC(CC1SCCCS1)N=[N+]=[N-]. The van der Waals surface area contributed by atoms with Crippen LogP contribution in [0.25, 0.3) is 10.4 Å². The summed E-state index contributed by atoms with van der Waals surface area (Å²) in [4.78, 5) is 3.01. The topological polar surface area (TPSA) is 58.0 Å². The van der Waals surface area contributed by atoms with Crippen LogP contribution in [-0.4, -0.2) is 37.1 Å². The van der Waals surface area contributed by atoms with E-state index in [4.69, 9.17) is 9.96 Å². The molecule has 1 aliphatic rings. The molecular formula is C13H27N3OS2Si. The van der Waals surface area contributed by atoms with E-state index in [1.165, 1.54) is 17.9 Å². The van der Waals surface area contributed by atoms with Crippen LogP contribution in [0.5, 0.6) is 0 Å². The van der Waals surface area contributed by atoms with Crippen LogP contribution < -0.4 is 0 Å². The van der Waals surface area contributed by atoms with Gasteiger partial charge in [0.15, 0.2) is 8.32 Å². The van der Waals surface area contributed by atoms with E-state index in [0.717, 1.165) is 6.42 Å². The van der Waals surface area contributed by atoms with Gasteiger partial charge in [0.2, 0.25) is 0 Å². The van der Waals surface area contributed by atoms with E-state index in [-0.39, 0.29) is 11.1 Å². The molecule has 0 saturated carbocycles. The second kappa shape index (κ2) is 7.99. The summed E-state index contributed by atoms with van der Waals surface area (Å²) in [6.45, 7) is 11.7. The third kappa shape index (κ3) is 5.90. The highest BCUT2D eigenvalue weighted by Gasteiger charge is 2.37. The van der Waals surface area contributed by atoms with Crippen molar-refractivity contribution in [1.82, 2.24) is 0 Å². The number of thioether (sulfide) groups is 2. The molecule has 1 fully saturated rings. The van der Waals surface area contributed by atoms with Crippen molar-refractivity contribution in [3.63, 3.8) is 0 Å². The van der Waals surface area contributed by atoms with Crippen molar-refractivity contribution in [2.75, 3.05) is 18.1 Å². The molecule has 1 atom stereocenters. The molecule has 0 aromatic rings. The summed E-state index contributed by atoms with van der Waals surface area (Å²) in [5.74, 6) is 2.45.